The lowest BCUT2D eigenvalue weighted by atomic mass is 10.2. The fourth-order valence-electron chi connectivity index (χ4n) is 1.81. The molecule has 0 aliphatic rings. The molecule has 0 saturated heterocycles. The van der Waals surface area contributed by atoms with Gasteiger partial charge in [0.2, 0.25) is 0 Å². The van der Waals surface area contributed by atoms with Gasteiger partial charge in [-0.2, -0.15) is 0 Å². The summed E-state index contributed by atoms with van der Waals surface area (Å²) in [5.41, 5.74) is 1.12. The predicted molar refractivity (Wildman–Crippen MR) is 98.2 cm³/mol. The summed E-state index contributed by atoms with van der Waals surface area (Å²) in [6.45, 7) is 12.2. The van der Waals surface area contributed by atoms with Crippen molar-refractivity contribution in [1.29, 1.82) is 0 Å². The largest absolute Gasteiger partial charge is 0.497 e. The molecule has 1 unspecified atom stereocenters. The Balaban J connectivity index is 2.39. The summed E-state index contributed by atoms with van der Waals surface area (Å²) >= 11 is 0. The van der Waals surface area contributed by atoms with Crippen LogP contribution in [0.3, 0.4) is 0 Å². The number of terminal acetylenes is 1. The highest BCUT2D eigenvalue weighted by Crippen LogP contribution is 2.37. The third-order valence-corrected chi connectivity index (χ3v) is 8.87. The van der Waals surface area contributed by atoms with Crippen LogP contribution in [0.5, 0.6) is 5.75 Å². The van der Waals surface area contributed by atoms with E-state index in [1.165, 1.54) is 0 Å². The van der Waals surface area contributed by atoms with Crippen LogP contribution < -0.4 is 4.74 Å². The highest BCUT2D eigenvalue weighted by Gasteiger charge is 2.38. The van der Waals surface area contributed by atoms with E-state index in [1.807, 2.05) is 24.3 Å². The summed E-state index contributed by atoms with van der Waals surface area (Å²) in [4.78, 5) is 0. The molecule has 0 amide bonds. The van der Waals surface area contributed by atoms with Crippen LogP contribution in [0.4, 0.5) is 0 Å². The van der Waals surface area contributed by atoms with Crippen molar-refractivity contribution in [1.82, 2.24) is 0 Å². The highest BCUT2D eigenvalue weighted by molar-refractivity contribution is 6.74. The van der Waals surface area contributed by atoms with Crippen LogP contribution in [-0.4, -0.2) is 28.1 Å². The van der Waals surface area contributed by atoms with Crippen molar-refractivity contribution in [3.05, 3.63) is 29.8 Å². The van der Waals surface area contributed by atoms with Gasteiger partial charge in [0.1, 0.15) is 11.9 Å². The molecule has 1 aromatic carbocycles. The Hall–Kier alpha value is -1.28. The second-order valence-corrected chi connectivity index (χ2v) is 12.0. The maximum Gasteiger partial charge on any atom is 0.193 e. The van der Waals surface area contributed by atoms with Crippen molar-refractivity contribution >= 4 is 8.32 Å². The molecule has 1 aromatic rings. The summed E-state index contributed by atoms with van der Waals surface area (Å²) in [7, 11) is -0.175. The molecule has 1 rings (SSSR count). The van der Waals surface area contributed by atoms with Crippen molar-refractivity contribution in [3.63, 3.8) is 0 Å². The molecule has 0 N–H and O–H groups in total. The van der Waals surface area contributed by atoms with Crippen LogP contribution in [-0.2, 0) is 15.8 Å². The standard InChI is InChI=1S/C19H30O3Si/c1-8-17(22-23(6,7)19(2,3)4)13-14-21-15-16-9-11-18(20-5)12-10-16/h1,9-12,17H,13-15H2,2-7H3. The number of rotatable bonds is 8. The Morgan fingerprint density at radius 2 is 1.78 bits per heavy atom. The summed E-state index contributed by atoms with van der Waals surface area (Å²) in [6.07, 6.45) is 6.17. The van der Waals surface area contributed by atoms with Gasteiger partial charge >= 0.3 is 0 Å². The number of benzene rings is 1. The van der Waals surface area contributed by atoms with Crippen LogP contribution >= 0.6 is 0 Å². The summed E-state index contributed by atoms with van der Waals surface area (Å²) < 4.78 is 17.1. The van der Waals surface area contributed by atoms with E-state index >= 15 is 0 Å². The Morgan fingerprint density at radius 1 is 1.17 bits per heavy atom. The van der Waals surface area contributed by atoms with Crippen LogP contribution in [0.1, 0.15) is 32.8 Å². The number of hydrogen-bond donors (Lipinski definition) is 0. The quantitative estimate of drug-likeness (QED) is 0.394. The number of methoxy groups -OCH3 is 1. The van der Waals surface area contributed by atoms with Gasteiger partial charge in [-0.05, 0) is 35.8 Å². The lowest BCUT2D eigenvalue weighted by Crippen LogP contribution is -2.43. The van der Waals surface area contributed by atoms with Crippen molar-refractivity contribution in [2.24, 2.45) is 0 Å². The molecule has 0 aliphatic carbocycles. The van der Waals surface area contributed by atoms with Gasteiger partial charge in [0.25, 0.3) is 0 Å². The smallest absolute Gasteiger partial charge is 0.193 e. The molecule has 0 heterocycles. The summed E-state index contributed by atoms with van der Waals surface area (Å²) in [5.74, 6) is 3.61. The Labute approximate surface area is 142 Å². The van der Waals surface area contributed by atoms with Gasteiger partial charge in [0, 0.05) is 6.42 Å². The van der Waals surface area contributed by atoms with Crippen LogP contribution in [0.25, 0.3) is 0 Å². The average Bonchev–Trinajstić information content (AvgIpc) is 2.49. The fourth-order valence-corrected chi connectivity index (χ4v) is 3.06. The van der Waals surface area contributed by atoms with Gasteiger partial charge in [-0.3, -0.25) is 0 Å². The van der Waals surface area contributed by atoms with Crippen molar-refractivity contribution in [2.45, 2.75) is 58.0 Å². The van der Waals surface area contributed by atoms with E-state index in [-0.39, 0.29) is 11.1 Å². The molecule has 128 valence electrons. The molecule has 0 radical (unpaired) electrons. The molecule has 0 saturated carbocycles. The van der Waals surface area contributed by atoms with Crippen molar-refractivity contribution in [3.8, 4) is 18.1 Å². The molecule has 0 aromatic heterocycles. The topological polar surface area (TPSA) is 27.7 Å². The molecule has 0 aliphatic heterocycles. The highest BCUT2D eigenvalue weighted by atomic mass is 28.4. The third kappa shape index (κ3) is 6.38. The molecule has 0 bridgehead atoms. The minimum absolute atomic E-state index is 0.159. The van der Waals surface area contributed by atoms with E-state index in [1.54, 1.807) is 7.11 Å². The van der Waals surface area contributed by atoms with Gasteiger partial charge in [0.05, 0.1) is 20.3 Å². The lowest BCUT2D eigenvalue weighted by Gasteiger charge is -2.38. The molecule has 0 fully saturated rings. The van der Waals surface area contributed by atoms with Crippen LogP contribution in [0.2, 0.25) is 18.1 Å². The van der Waals surface area contributed by atoms with Crippen LogP contribution in [0, 0.1) is 12.3 Å². The monoisotopic (exact) mass is 334 g/mol. The second kappa shape index (κ2) is 8.54. The summed E-state index contributed by atoms with van der Waals surface area (Å²) in [6, 6.07) is 7.88. The molecule has 1 atom stereocenters. The number of hydrogen-bond acceptors (Lipinski definition) is 3. The summed E-state index contributed by atoms with van der Waals surface area (Å²) in [5, 5.41) is 0.159. The molecule has 23 heavy (non-hydrogen) atoms. The van der Waals surface area contributed by atoms with Crippen molar-refractivity contribution < 1.29 is 13.9 Å². The maximum absolute atomic E-state index is 6.24. The minimum Gasteiger partial charge on any atom is -0.497 e. The van der Waals surface area contributed by atoms with E-state index in [0.29, 0.717) is 13.2 Å². The molecule has 3 nitrogen and oxygen atoms in total. The first-order valence-corrected chi connectivity index (χ1v) is 10.9. The zero-order valence-corrected chi connectivity index (χ0v) is 16.3. The Morgan fingerprint density at radius 3 is 2.26 bits per heavy atom. The van der Waals surface area contributed by atoms with Gasteiger partial charge < -0.3 is 13.9 Å². The third-order valence-electron chi connectivity index (χ3n) is 4.38. The predicted octanol–water partition coefficient (Wildman–Crippen LogP) is 4.63. The van der Waals surface area contributed by atoms with E-state index in [0.717, 1.165) is 17.7 Å². The SMILES string of the molecule is C#CC(CCOCc1ccc(OC)cc1)O[Si](C)(C)C(C)(C)C. The normalized spacial score (nSPS) is 13.4. The molecular formula is C19H30O3Si. The zero-order valence-electron chi connectivity index (χ0n) is 15.3. The lowest BCUT2D eigenvalue weighted by molar-refractivity contribution is 0.0929. The van der Waals surface area contributed by atoms with E-state index in [2.05, 4.69) is 39.8 Å². The fraction of sp³-hybridized carbons (Fsp3) is 0.579. The van der Waals surface area contributed by atoms with E-state index in [4.69, 9.17) is 20.3 Å². The van der Waals surface area contributed by atoms with E-state index < -0.39 is 8.32 Å². The first kappa shape index (κ1) is 19.8. The Bertz CT molecular complexity index is 509. The van der Waals surface area contributed by atoms with Gasteiger partial charge in [-0.25, -0.2) is 0 Å². The zero-order chi connectivity index (χ0) is 17.5. The first-order valence-electron chi connectivity index (χ1n) is 8.04. The second-order valence-electron chi connectivity index (χ2n) is 7.22. The number of ether oxygens (including phenoxy) is 2. The van der Waals surface area contributed by atoms with Gasteiger partial charge in [-0.1, -0.05) is 38.8 Å². The first-order chi connectivity index (χ1) is 10.7. The van der Waals surface area contributed by atoms with Crippen molar-refractivity contribution in [2.75, 3.05) is 13.7 Å². The molecular weight excluding hydrogens is 304 g/mol. The van der Waals surface area contributed by atoms with Gasteiger partial charge in [0.15, 0.2) is 8.32 Å². The molecule has 4 heteroatoms. The molecule has 0 spiro atoms. The Kier molecular flexibility index (Phi) is 7.33. The van der Waals surface area contributed by atoms with Crippen LogP contribution in [0.15, 0.2) is 24.3 Å². The van der Waals surface area contributed by atoms with Gasteiger partial charge in [-0.15, -0.1) is 6.42 Å². The van der Waals surface area contributed by atoms with E-state index in [9.17, 15) is 0 Å². The maximum atomic E-state index is 6.24. The minimum atomic E-state index is -1.84. The average molecular weight is 335 g/mol.